The van der Waals surface area contributed by atoms with Gasteiger partial charge in [0.15, 0.2) is 0 Å². The maximum absolute atomic E-state index is 11.9. The predicted octanol–water partition coefficient (Wildman–Crippen LogP) is -1.14. The summed E-state index contributed by atoms with van der Waals surface area (Å²) in [5.74, 6) is -3.86. The van der Waals surface area contributed by atoms with E-state index in [1.54, 1.807) is 24.3 Å². The Balaban J connectivity index is 2.36. The first kappa shape index (κ1) is 22.4. The van der Waals surface area contributed by atoms with Gasteiger partial charge in [-0.1, -0.05) is 30.3 Å². The maximum Gasteiger partial charge on any atom is 0.407 e. The molecule has 1 aromatic rings. The molecule has 0 aliphatic carbocycles. The topological polar surface area (TPSA) is 177 Å². The Bertz CT molecular complexity index is 723. The highest BCUT2D eigenvalue weighted by molar-refractivity contribution is 5.92. The van der Waals surface area contributed by atoms with Gasteiger partial charge in [-0.2, -0.15) is 0 Å². The van der Waals surface area contributed by atoms with Gasteiger partial charge >= 0.3 is 12.1 Å². The summed E-state index contributed by atoms with van der Waals surface area (Å²) in [4.78, 5) is 57.1. The van der Waals surface area contributed by atoms with Gasteiger partial charge in [-0.05, 0) is 12.5 Å². The number of carboxylic acid groups (broad SMARTS) is 1. The SMILES string of the molecule is C[C@H](NC(=O)CNC(=O)OCc1ccccc1)C(=O)N[C@@H](CC(N)=O)C(=O)O. The number of nitrogens with one attached hydrogen (secondary N) is 3. The van der Waals surface area contributed by atoms with Crippen LogP contribution >= 0.6 is 0 Å². The average molecular weight is 394 g/mol. The van der Waals surface area contributed by atoms with Crippen LogP contribution in [0.3, 0.4) is 0 Å². The van der Waals surface area contributed by atoms with E-state index >= 15 is 0 Å². The molecular weight excluding hydrogens is 372 g/mol. The molecule has 0 bridgehead atoms. The third-order valence-corrected chi connectivity index (χ3v) is 3.40. The van der Waals surface area contributed by atoms with E-state index in [0.717, 1.165) is 5.56 Å². The number of amides is 4. The lowest BCUT2D eigenvalue weighted by atomic mass is 10.2. The van der Waals surface area contributed by atoms with Crippen molar-refractivity contribution in [3.63, 3.8) is 0 Å². The fraction of sp³-hybridized carbons (Fsp3) is 0.353. The van der Waals surface area contributed by atoms with Crippen LogP contribution in [0.15, 0.2) is 30.3 Å². The minimum atomic E-state index is -1.50. The van der Waals surface area contributed by atoms with Crippen LogP contribution in [-0.4, -0.2) is 53.5 Å². The number of alkyl carbamates (subject to hydrolysis) is 1. The molecular formula is C17H22N4O7. The second-order valence-corrected chi connectivity index (χ2v) is 5.77. The Morgan fingerprint density at radius 3 is 2.32 bits per heavy atom. The molecule has 0 heterocycles. The number of aliphatic carboxylic acids is 1. The zero-order valence-corrected chi connectivity index (χ0v) is 15.1. The van der Waals surface area contributed by atoms with Crippen LogP contribution < -0.4 is 21.7 Å². The monoisotopic (exact) mass is 394 g/mol. The van der Waals surface area contributed by atoms with E-state index in [0.29, 0.717) is 0 Å². The molecule has 0 radical (unpaired) electrons. The molecule has 6 N–H and O–H groups in total. The number of rotatable bonds is 10. The van der Waals surface area contributed by atoms with Gasteiger partial charge in [0.1, 0.15) is 25.2 Å². The largest absolute Gasteiger partial charge is 0.480 e. The van der Waals surface area contributed by atoms with Gasteiger partial charge in [0.25, 0.3) is 0 Å². The van der Waals surface area contributed by atoms with E-state index in [1.165, 1.54) is 6.92 Å². The highest BCUT2D eigenvalue weighted by Gasteiger charge is 2.25. The summed E-state index contributed by atoms with van der Waals surface area (Å²) < 4.78 is 4.93. The summed E-state index contributed by atoms with van der Waals surface area (Å²) >= 11 is 0. The Kier molecular flexibility index (Phi) is 8.93. The van der Waals surface area contributed by atoms with Crippen LogP contribution in [0.2, 0.25) is 0 Å². The molecule has 2 atom stereocenters. The number of carboxylic acids is 1. The number of nitrogens with two attached hydrogens (primary N) is 1. The minimum Gasteiger partial charge on any atom is -0.480 e. The van der Waals surface area contributed by atoms with E-state index in [2.05, 4.69) is 16.0 Å². The van der Waals surface area contributed by atoms with Crippen molar-refractivity contribution >= 4 is 29.8 Å². The third-order valence-electron chi connectivity index (χ3n) is 3.40. The van der Waals surface area contributed by atoms with E-state index in [9.17, 15) is 24.0 Å². The standard InChI is InChI=1S/C17H22N4O7/c1-10(15(24)21-12(16(25)26)7-13(18)22)20-14(23)8-19-17(27)28-9-11-5-3-2-4-6-11/h2-6,10,12H,7-9H2,1H3,(H2,18,22)(H,19,27)(H,20,23)(H,21,24)(H,25,26)/t10-,12-/m0/s1. The molecule has 152 valence electrons. The Labute approximate surface area is 160 Å². The van der Waals surface area contributed by atoms with Gasteiger partial charge in [0.2, 0.25) is 17.7 Å². The van der Waals surface area contributed by atoms with Gasteiger partial charge in [-0.3, -0.25) is 14.4 Å². The van der Waals surface area contributed by atoms with Crippen molar-refractivity contribution in [3.05, 3.63) is 35.9 Å². The highest BCUT2D eigenvalue weighted by atomic mass is 16.5. The first-order valence-corrected chi connectivity index (χ1v) is 8.24. The average Bonchev–Trinajstić information content (AvgIpc) is 2.64. The summed E-state index contributed by atoms with van der Waals surface area (Å²) in [5, 5.41) is 15.5. The molecule has 0 aliphatic heterocycles. The lowest BCUT2D eigenvalue weighted by Crippen LogP contribution is -2.52. The number of hydrogen-bond donors (Lipinski definition) is 5. The first-order chi connectivity index (χ1) is 13.2. The smallest absolute Gasteiger partial charge is 0.407 e. The Hall–Kier alpha value is -3.63. The summed E-state index contributed by atoms with van der Waals surface area (Å²) in [6.45, 7) is 0.891. The van der Waals surface area contributed by atoms with Gasteiger partial charge in [-0.15, -0.1) is 0 Å². The molecule has 0 saturated carbocycles. The highest BCUT2D eigenvalue weighted by Crippen LogP contribution is 2.00. The van der Waals surface area contributed by atoms with Crippen molar-refractivity contribution < 1.29 is 33.8 Å². The number of benzene rings is 1. The van der Waals surface area contributed by atoms with Crippen LogP contribution in [-0.2, 0) is 30.5 Å². The molecule has 0 saturated heterocycles. The van der Waals surface area contributed by atoms with Crippen molar-refractivity contribution in [3.8, 4) is 0 Å². The summed E-state index contributed by atoms with van der Waals surface area (Å²) in [6, 6.07) is 6.31. The summed E-state index contributed by atoms with van der Waals surface area (Å²) in [7, 11) is 0. The quantitative estimate of drug-likeness (QED) is 0.333. The first-order valence-electron chi connectivity index (χ1n) is 8.24. The predicted molar refractivity (Wildman–Crippen MR) is 95.6 cm³/mol. The number of primary amides is 1. The van der Waals surface area contributed by atoms with Crippen molar-refractivity contribution in [2.24, 2.45) is 5.73 Å². The molecule has 0 spiro atoms. The summed E-state index contributed by atoms with van der Waals surface area (Å²) in [5.41, 5.74) is 5.69. The second-order valence-electron chi connectivity index (χ2n) is 5.77. The Morgan fingerprint density at radius 2 is 1.75 bits per heavy atom. The molecule has 1 rings (SSSR count). The van der Waals surface area contributed by atoms with E-state index in [1.807, 2.05) is 6.07 Å². The number of carbonyl (C=O) groups is 5. The van der Waals surface area contributed by atoms with Crippen LogP contribution in [0.5, 0.6) is 0 Å². The maximum atomic E-state index is 11.9. The fourth-order valence-corrected chi connectivity index (χ4v) is 1.98. The lowest BCUT2D eigenvalue weighted by Gasteiger charge is -2.18. The molecule has 1 aromatic carbocycles. The van der Waals surface area contributed by atoms with Crippen molar-refractivity contribution in [1.29, 1.82) is 0 Å². The van der Waals surface area contributed by atoms with Gasteiger partial charge in [0, 0.05) is 0 Å². The van der Waals surface area contributed by atoms with E-state index in [-0.39, 0.29) is 6.61 Å². The normalized spacial score (nSPS) is 12.2. The fourth-order valence-electron chi connectivity index (χ4n) is 1.98. The van der Waals surface area contributed by atoms with Crippen LogP contribution in [0, 0.1) is 0 Å². The van der Waals surface area contributed by atoms with Gasteiger partial charge in [-0.25, -0.2) is 9.59 Å². The minimum absolute atomic E-state index is 0.0313. The molecule has 0 unspecified atom stereocenters. The number of carbonyl (C=O) groups excluding carboxylic acids is 4. The van der Waals surface area contributed by atoms with Gasteiger partial charge in [0.05, 0.1) is 6.42 Å². The van der Waals surface area contributed by atoms with Crippen molar-refractivity contribution in [2.75, 3.05) is 6.54 Å². The molecule has 11 heteroatoms. The molecule has 4 amide bonds. The van der Waals surface area contributed by atoms with Crippen LogP contribution in [0.1, 0.15) is 18.9 Å². The van der Waals surface area contributed by atoms with Crippen LogP contribution in [0.4, 0.5) is 4.79 Å². The summed E-state index contributed by atoms with van der Waals surface area (Å²) in [6.07, 6.45) is -1.40. The lowest BCUT2D eigenvalue weighted by molar-refractivity contribution is -0.143. The molecule has 0 fully saturated rings. The van der Waals surface area contributed by atoms with Crippen molar-refractivity contribution in [2.45, 2.75) is 32.0 Å². The van der Waals surface area contributed by atoms with E-state index < -0.39 is 54.8 Å². The Morgan fingerprint density at radius 1 is 1.11 bits per heavy atom. The van der Waals surface area contributed by atoms with Gasteiger partial charge < -0.3 is 31.5 Å². The van der Waals surface area contributed by atoms with Crippen LogP contribution in [0.25, 0.3) is 0 Å². The number of ether oxygens (including phenoxy) is 1. The van der Waals surface area contributed by atoms with Crippen molar-refractivity contribution in [1.82, 2.24) is 16.0 Å². The molecule has 28 heavy (non-hydrogen) atoms. The number of hydrogen-bond acceptors (Lipinski definition) is 6. The zero-order chi connectivity index (χ0) is 21.1. The zero-order valence-electron chi connectivity index (χ0n) is 15.1. The molecule has 0 aromatic heterocycles. The second kappa shape index (κ2) is 11.2. The molecule has 11 nitrogen and oxygen atoms in total. The third kappa shape index (κ3) is 8.65. The van der Waals surface area contributed by atoms with E-state index in [4.69, 9.17) is 15.6 Å². The molecule has 0 aliphatic rings.